The second-order valence-electron chi connectivity index (χ2n) is 12.0. The van der Waals surface area contributed by atoms with Gasteiger partial charge < -0.3 is 34.9 Å². The van der Waals surface area contributed by atoms with Crippen molar-refractivity contribution in [2.24, 2.45) is 11.7 Å². The predicted molar refractivity (Wildman–Crippen MR) is 144 cm³/mol. The number of aliphatic hydroxyl groups excluding tert-OH is 1. The van der Waals surface area contributed by atoms with Crippen molar-refractivity contribution < 1.29 is 38.6 Å². The quantitative estimate of drug-likeness (QED) is 0.371. The maximum atomic E-state index is 13.0. The van der Waals surface area contributed by atoms with E-state index in [2.05, 4.69) is 0 Å². The Morgan fingerprint density at radius 3 is 2.20 bits per heavy atom. The van der Waals surface area contributed by atoms with Gasteiger partial charge in [0.25, 0.3) is 11.6 Å². The van der Waals surface area contributed by atoms with Crippen molar-refractivity contribution in [2.75, 3.05) is 26.2 Å². The lowest BCUT2D eigenvalue weighted by Gasteiger charge is -2.40. The molecule has 3 N–H and O–H groups in total. The van der Waals surface area contributed by atoms with E-state index in [0.29, 0.717) is 51.9 Å². The van der Waals surface area contributed by atoms with Crippen molar-refractivity contribution in [3.05, 3.63) is 33.9 Å². The van der Waals surface area contributed by atoms with Gasteiger partial charge in [0.05, 0.1) is 11.0 Å². The van der Waals surface area contributed by atoms with E-state index in [1.807, 2.05) is 0 Å². The fourth-order valence-corrected chi connectivity index (χ4v) is 4.98. The summed E-state index contributed by atoms with van der Waals surface area (Å²) in [6, 6.07) is 3.85. The molecule has 0 saturated carbocycles. The molecular formula is C27H40N4O9. The number of benzene rings is 1. The summed E-state index contributed by atoms with van der Waals surface area (Å²) < 4.78 is 17.2. The first kappa shape index (κ1) is 30.9. The van der Waals surface area contributed by atoms with E-state index in [4.69, 9.17) is 19.9 Å². The Balaban J connectivity index is 1.51. The molecule has 3 rings (SSSR count). The van der Waals surface area contributed by atoms with Crippen molar-refractivity contribution in [1.29, 1.82) is 0 Å². The number of primary amides is 1. The van der Waals surface area contributed by atoms with E-state index in [-0.39, 0.29) is 23.3 Å². The van der Waals surface area contributed by atoms with Gasteiger partial charge in [0, 0.05) is 51.0 Å². The minimum absolute atomic E-state index is 0.233. The highest BCUT2D eigenvalue weighted by atomic mass is 16.6. The summed E-state index contributed by atoms with van der Waals surface area (Å²) in [5.41, 5.74) is 3.13. The van der Waals surface area contributed by atoms with Gasteiger partial charge in [-0.25, -0.2) is 9.59 Å². The molecule has 2 aliphatic rings. The number of hydrogen-bond acceptors (Lipinski definition) is 9. The van der Waals surface area contributed by atoms with Crippen LogP contribution in [0.4, 0.5) is 15.3 Å². The van der Waals surface area contributed by atoms with Crippen LogP contribution in [0.5, 0.6) is 5.75 Å². The third-order valence-corrected chi connectivity index (χ3v) is 6.90. The van der Waals surface area contributed by atoms with Gasteiger partial charge in [-0.1, -0.05) is 0 Å². The van der Waals surface area contributed by atoms with Crippen LogP contribution in [0.25, 0.3) is 0 Å². The summed E-state index contributed by atoms with van der Waals surface area (Å²) in [5, 5.41) is 21.7. The Hall–Kier alpha value is -3.61. The Kier molecular flexibility index (Phi) is 9.49. The fourth-order valence-electron chi connectivity index (χ4n) is 4.98. The number of hydrogen-bond donors (Lipinski definition) is 2. The van der Waals surface area contributed by atoms with Gasteiger partial charge >= 0.3 is 12.2 Å². The molecule has 1 aromatic rings. The monoisotopic (exact) mass is 564 g/mol. The van der Waals surface area contributed by atoms with Gasteiger partial charge in [-0.2, -0.15) is 0 Å². The standard InChI is InChI=1S/C27H40N4O9/c1-26(2,3)39-25(35)30-13-10-22(32)17(16-30)15-27(4,5)40-24(34)29-11-8-18(9-12-29)38-19-6-7-21(31(36)37)20(14-19)23(28)33/h6-7,14,17-18,22,32H,8-13,15-16H2,1-5H3,(H2,28,33). The normalized spacial score (nSPS) is 20.6. The number of amides is 3. The van der Waals surface area contributed by atoms with Gasteiger partial charge in [0.1, 0.15) is 28.6 Å². The lowest BCUT2D eigenvalue weighted by Crippen LogP contribution is -2.50. The predicted octanol–water partition coefficient (Wildman–Crippen LogP) is 3.46. The minimum atomic E-state index is -0.921. The van der Waals surface area contributed by atoms with Crippen LogP contribution in [0, 0.1) is 16.0 Å². The molecule has 0 radical (unpaired) electrons. The summed E-state index contributed by atoms with van der Waals surface area (Å²) in [4.78, 5) is 50.7. The molecular weight excluding hydrogens is 524 g/mol. The van der Waals surface area contributed by atoms with Crippen molar-refractivity contribution >= 4 is 23.8 Å². The summed E-state index contributed by atoms with van der Waals surface area (Å²) in [7, 11) is 0. The van der Waals surface area contributed by atoms with Crippen LogP contribution in [0.1, 0.15) is 70.7 Å². The van der Waals surface area contributed by atoms with Crippen LogP contribution in [0.2, 0.25) is 0 Å². The molecule has 222 valence electrons. The third kappa shape index (κ3) is 8.44. The van der Waals surface area contributed by atoms with E-state index in [1.54, 1.807) is 44.4 Å². The van der Waals surface area contributed by atoms with Gasteiger partial charge in [0.2, 0.25) is 0 Å². The average molecular weight is 565 g/mol. The first-order chi connectivity index (χ1) is 18.5. The minimum Gasteiger partial charge on any atom is -0.490 e. The Morgan fingerprint density at radius 1 is 1.02 bits per heavy atom. The molecule has 3 amide bonds. The van der Waals surface area contributed by atoms with Crippen LogP contribution in [0.3, 0.4) is 0 Å². The third-order valence-electron chi connectivity index (χ3n) is 6.90. The van der Waals surface area contributed by atoms with Crippen LogP contribution in [-0.4, -0.2) is 87.5 Å². The topological polar surface area (TPSA) is 175 Å². The average Bonchev–Trinajstić information content (AvgIpc) is 2.84. The lowest BCUT2D eigenvalue weighted by atomic mass is 9.85. The van der Waals surface area contributed by atoms with Crippen LogP contribution in [-0.2, 0) is 9.47 Å². The summed E-state index contributed by atoms with van der Waals surface area (Å²) in [5.74, 6) is -0.918. The molecule has 0 aliphatic carbocycles. The second kappa shape index (κ2) is 12.3. The van der Waals surface area contributed by atoms with Crippen molar-refractivity contribution in [3.63, 3.8) is 0 Å². The number of nitrogens with two attached hydrogens (primary N) is 1. The highest BCUT2D eigenvalue weighted by Gasteiger charge is 2.38. The number of likely N-dealkylation sites (tertiary alicyclic amines) is 2. The van der Waals surface area contributed by atoms with Crippen molar-refractivity contribution in [3.8, 4) is 5.75 Å². The number of carbonyl (C=O) groups is 3. The molecule has 13 nitrogen and oxygen atoms in total. The van der Waals surface area contributed by atoms with Crippen molar-refractivity contribution in [1.82, 2.24) is 9.80 Å². The number of nitrogens with zero attached hydrogens (tertiary/aromatic N) is 3. The van der Waals surface area contributed by atoms with Gasteiger partial charge in [0.15, 0.2) is 0 Å². The Labute approximate surface area is 233 Å². The molecule has 0 spiro atoms. The van der Waals surface area contributed by atoms with Gasteiger partial charge in [-0.05, 0) is 59.6 Å². The molecule has 0 aromatic heterocycles. The molecule has 1 aromatic carbocycles. The molecule has 2 heterocycles. The number of nitro groups is 1. The Bertz CT molecular complexity index is 1110. The van der Waals surface area contributed by atoms with Crippen LogP contribution >= 0.6 is 0 Å². The van der Waals surface area contributed by atoms with Crippen LogP contribution in [0.15, 0.2) is 18.2 Å². The van der Waals surface area contributed by atoms with E-state index < -0.39 is 46.0 Å². The summed E-state index contributed by atoms with van der Waals surface area (Å²) in [6.07, 6.45) is -0.0458. The number of rotatable bonds is 7. The van der Waals surface area contributed by atoms with E-state index in [9.17, 15) is 29.6 Å². The first-order valence-corrected chi connectivity index (χ1v) is 13.4. The molecule has 0 bridgehead atoms. The fraction of sp³-hybridized carbons (Fsp3) is 0.667. The molecule has 2 unspecified atom stereocenters. The van der Waals surface area contributed by atoms with Crippen LogP contribution < -0.4 is 10.5 Å². The molecule has 2 saturated heterocycles. The SMILES string of the molecule is CC(C)(C)OC(=O)N1CCC(O)C(CC(C)(C)OC(=O)N2CCC(Oc3ccc([N+](=O)[O-])c(C(N)=O)c3)CC2)C1. The number of piperidine rings is 2. The number of carbonyl (C=O) groups excluding carboxylic acids is 3. The first-order valence-electron chi connectivity index (χ1n) is 13.4. The number of nitro benzene ring substituents is 1. The molecule has 13 heteroatoms. The zero-order valence-electron chi connectivity index (χ0n) is 23.8. The summed E-state index contributed by atoms with van der Waals surface area (Å²) in [6.45, 7) is 10.4. The smallest absolute Gasteiger partial charge is 0.410 e. The maximum absolute atomic E-state index is 13.0. The zero-order valence-corrected chi connectivity index (χ0v) is 23.8. The lowest BCUT2D eigenvalue weighted by molar-refractivity contribution is -0.385. The highest BCUT2D eigenvalue weighted by Crippen LogP contribution is 2.30. The zero-order chi connectivity index (χ0) is 29.8. The highest BCUT2D eigenvalue weighted by molar-refractivity contribution is 5.97. The van der Waals surface area contributed by atoms with E-state index in [1.165, 1.54) is 18.2 Å². The molecule has 2 atom stereocenters. The molecule has 2 fully saturated rings. The van der Waals surface area contributed by atoms with E-state index in [0.717, 1.165) is 0 Å². The number of ether oxygens (including phenoxy) is 3. The number of aliphatic hydroxyl groups is 1. The Morgan fingerprint density at radius 2 is 1.62 bits per heavy atom. The van der Waals surface area contributed by atoms with Gasteiger partial charge in [-0.3, -0.25) is 14.9 Å². The second-order valence-corrected chi connectivity index (χ2v) is 12.0. The van der Waals surface area contributed by atoms with Crippen molar-refractivity contribution in [2.45, 2.75) is 83.7 Å². The maximum Gasteiger partial charge on any atom is 0.410 e. The largest absolute Gasteiger partial charge is 0.490 e. The molecule has 40 heavy (non-hydrogen) atoms. The van der Waals surface area contributed by atoms with E-state index >= 15 is 0 Å². The summed E-state index contributed by atoms with van der Waals surface area (Å²) >= 11 is 0. The molecule has 2 aliphatic heterocycles. The van der Waals surface area contributed by atoms with Gasteiger partial charge in [-0.15, -0.1) is 0 Å².